The number of carbonyl (C=O) groups is 1. The van der Waals surface area contributed by atoms with Gasteiger partial charge in [-0.15, -0.1) is 0 Å². The lowest BCUT2D eigenvalue weighted by Crippen LogP contribution is -2.43. The number of halogens is 2. The molecule has 2 fully saturated rings. The zero-order chi connectivity index (χ0) is 21.7. The van der Waals surface area contributed by atoms with Crippen LogP contribution in [0.25, 0.3) is 0 Å². The van der Waals surface area contributed by atoms with Gasteiger partial charge in [-0.05, 0) is 52.7 Å². The summed E-state index contributed by atoms with van der Waals surface area (Å²) in [4.78, 5) is 13.5. The van der Waals surface area contributed by atoms with Gasteiger partial charge in [0.25, 0.3) is 16.0 Å². The van der Waals surface area contributed by atoms with Gasteiger partial charge in [-0.2, -0.15) is 8.42 Å². The van der Waals surface area contributed by atoms with Gasteiger partial charge in [0.05, 0.1) is 17.4 Å². The van der Waals surface area contributed by atoms with Crippen molar-refractivity contribution >= 4 is 16.2 Å². The summed E-state index contributed by atoms with van der Waals surface area (Å²) in [5, 5.41) is 0. The lowest BCUT2D eigenvalue weighted by molar-refractivity contribution is 0.000941. The number of likely N-dealkylation sites (tertiary alicyclic amines) is 1. The highest BCUT2D eigenvalue weighted by atomic mass is 32.2. The van der Waals surface area contributed by atoms with Gasteiger partial charge in [0.15, 0.2) is 0 Å². The van der Waals surface area contributed by atoms with E-state index in [1.165, 1.54) is 17.0 Å². The van der Waals surface area contributed by atoms with Crippen molar-refractivity contribution < 1.29 is 30.9 Å². The number of aryl methyl sites for hydroxylation is 1. The first-order valence-corrected chi connectivity index (χ1v) is 11.0. The molecule has 1 aromatic rings. The molecule has 29 heavy (non-hydrogen) atoms. The highest BCUT2D eigenvalue weighted by molar-refractivity contribution is 7.86. The largest absolute Gasteiger partial charge is 0.444 e. The highest BCUT2D eigenvalue weighted by Crippen LogP contribution is 2.70. The number of alkyl halides is 2. The number of amides is 1. The summed E-state index contributed by atoms with van der Waals surface area (Å²) < 4.78 is 64.0. The third-order valence-electron chi connectivity index (χ3n) is 5.69. The molecular weight excluding hydrogens is 404 g/mol. The topological polar surface area (TPSA) is 72.9 Å². The van der Waals surface area contributed by atoms with Crippen LogP contribution in [0.1, 0.15) is 39.2 Å². The molecule has 3 rings (SSSR count). The second-order valence-electron chi connectivity index (χ2n) is 8.85. The van der Waals surface area contributed by atoms with E-state index in [-0.39, 0.29) is 30.8 Å². The van der Waals surface area contributed by atoms with E-state index in [2.05, 4.69) is 0 Å². The summed E-state index contributed by atoms with van der Waals surface area (Å²) in [6.45, 7) is 6.76. The summed E-state index contributed by atoms with van der Waals surface area (Å²) >= 11 is 0. The van der Waals surface area contributed by atoms with E-state index in [4.69, 9.17) is 8.92 Å². The van der Waals surface area contributed by atoms with Crippen molar-refractivity contribution in [2.45, 2.75) is 57.0 Å². The molecule has 1 spiro atoms. The minimum absolute atomic E-state index is 0.0548. The van der Waals surface area contributed by atoms with Crippen LogP contribution < -0.4 is 0 Å². The van der Waals surface area contributed by atoms with Crippen molar-refractivity contribution in [3.63, 3.8) is 0 Å². The van der Waals surface area contributed by atoms with Gasteiger partial charge >= 0.3 is 6.09 Å². The molecule has 1 unspecified atom stereocenters. The van der Waals surface area contributed by atoms with Gasteiger partial charge in [-0.1, -0.05) is 17.7 Å². The van der Waals surface area contributed by atoms with Crippen molar-refractivity contribution in [1.82, 2.24) is 4.90 Å². The molecular formula is C20H27F2NO5S. The van der Waals surface area contributed by atoms with E-state index in [1.807, 2.05) is 6.92 Å². The number of piperidine rings is 1. The van der Waals surface area contributed by atoms with Crippen molar-refractivity contribution in [3.05, 3.63) is 29.8 Å². The van der Waals surface area contributed by atoms with Crippen LogP contribution in [0.4, 0.5) is 13.6 Å². The lowest BCUT2D eigenvalue weighted by Gasteiger charge is -2.34. The number of benzene rings is 1. The minimum atomic E-state index is -4.10. The van der Waals surface area contributed by atoms with E-state index in [0.717, 1.165) is 5.56 Å². The summed E-state index contributed by atoms with van der Waals surface area (Å²) in [6, 6.07) is 6.03. The first-order valence-electron chi connectivity index (χ1n) is 9.60. The number of ether oxygens (including phenoxy) is 1. The Kier molecular flexibility index (Phi) is 5.45. The Balaban J connectivity index is 1.60. The number of hydrogen-bond donors (Lipinski definition) is 0. The molecule has 1 aliphatic carbocycles. The van der Waals surface area contributed by atoms with E-state index < -0.39 is 45.7 Å². The average Bonchev–Trinajstić information content (AvgIpc) is 3.05. The van der Waals surface area contributed by atoms with E-state index in [9.17, 15) is 22.0 Å². The molecule has 1 heterocycles. The Bertz CT molecular complexity index is 869. The molecule has 9 heteroatoms. The van der Waals surface area contributed by atoms with E-state index in [1.54, 1.807) is 32.9 Å². The van der Waals surface area contributed by atoms with Gasteiger partial charge in [-0.3, -0.25) is 4.18 Å². The first kappa shape index (κ1) is 22.0. The van der Waals surface area contributed by atoms with Crippen molar-refractivity contribution in [2.75, 3.05) is 19.7 Å². The number of carbonyl (C=O) groups excluding carboxylic acids is 1. The van der Waals surface area contributed by atoms with Crippen LogP contribution in [0, 0.1) is 18.3 Å². The molecule has 1 saturated carbocycles. The second kappa shape index (κ2) is 7.19. The molecule has 1 aliphatic heterocycles. The van der Waals surface area contributed by atoms with Crippen LogP contribution in [0.2, 0.25) is 0 Å². The summed E-state index contributed by atoms with van der Waals surface area (Å²) in [6.07, 6.45) is -0.360. The Morgan fingerprint density at radius 2 is 1.72 bits per heavy atom. The van der Waals surface area contributed by atoms with E-state index >= 15 is 0 Å². The van der Waals surface area contributed by atoms with Crippen LogP contribution >= 0.6 is 0 Å². The number of rotatable bonds is 4. The fraction of sp³-hybridized carbons (Fsp3) is 0.650. The summed E-state index contributed by atoms with van der Waals surface area (Å²) in [7, 11) is -4.10. The van der Waals surface area contributed by atoms with Crippen molar-refractivity contribution in [1.29, 1.82) is 0 Å². The quantitative estimate of drug-likeness (QED) is 0.674. The van der Waals surface area contributed by atoms with Crippen molar-refractivity contribution in [2.24, 2.45) is 11.3 Å². The Labute approximate surface area is 170 Å². The highest BCUT2D eigenvalue weighted by Gasteiger charge is 2.80. The fourth-order valence-electron chi connectivity index (χ4n) is 3.88. The predicted octanol–water partition coefficient (Wildman–Crippen LogP) is 3.98. The van der Waals surface area contributed by atoms with Gasteiger partial charge in [0.1, 0.15) is 5.60 Å². The maximum absolute atomic E-state index is 14.6. The maximum Gasteiger partial charge on any atom is 0.410 e. The summed E-state index contributed by atoms with van der Waals surface area (Å²) in [5.74, 6) is -4.20. The molecule has 2 aliphatic rings. The lowest BCUT2D eigenvalue weighted by atomic mass is 9.90. The van der Waals surface area contributed by atoms with E-state index in [0.29, 0.717) is 0 Å². The Hall–Kier alpha value is -1.74. The smallest absolute Gasteiger partial charge is 0.410 e. The molecule has 162 valence electrons. The SMILES string of the molecule is Cc1ccc(S(=O)(=O)OCC2C(F)(F)C23CCN(C(=O)OC(C)(C)C)CC3)cc1. The zero-order valence-electron chi connectivity index (χ0n) is 17.1. The Morgan fingerprint density at radius 1 is 1.17 bits per heavy atom. The molecule has 6 nitrogen and oxygen atoms in total. The predicted molar refractivity (Wildman–Crippen MR) is 102 cm³/mol. The fourth-order valence-corrected chi connectivity index (χ4v) is 4.80. The second-order valence-corrected chi connectivity index (χ2v) is 10.5. The maximum atomic E-state index is 14.6. The Morgan fingerprint density at radius 3 is 2.24 bits per heavy atom. The number of hydrogen-bond acceptors (Lipinski definition) is 5. The van der Waals surface area contributed by atoms with Crippen LogP contribution in [-0.2, 0) is 19.0 Å². The molecule has 1 aromatic carbocycles. The molecule has 1 saturated heterocycles. The normalized spacial score (nSPS) is 23.1. The minimum Gasteiger partial charge on any atom is -0.444 e. The van der Waals surface area contributed by atoms with Gasteiger partial charge in [0, 0.05) is 18.5 Å². The average molecular weight is 432 g/mol. The molecule has 1 amide bonds. The molecule has 0 bridgehead atoms. The molecule has 0 radical (unpaired) electrons. The third kappa shape index (κ3) is 4.26. The monoisotopic (exact) mass is 431 g/mol. The molecule has 1 atom stereocenters. The molecule has 0 aromatic heterocycles. The van der Waals surface area contributed by atoms with Gasteiger partial charge < -0.3 is 9.64 Å². The van der Waals surface area contributed by atoms with Crippen LogP contribution in [0.5, 0.6) is 0 Å². The first-order chi connectivity index (χ1) is 13.3. The summed E-state index contributed by atoms with van der Waals surface area (Å²) in [5.41, 5.74) is -1.10. The third-order valence-corrected chi connectivity index (χ3v) is 6.99. The van der Waals surface area contributed by atoms with Crippen molar-refractivity contribution in [3.8, 4) is 0 Å². The van der Waals surface area contributed by atoms with Crippen LogP contribution in [-0.4, -0.2) is 50.6 Å². The standard InChI is InChI=1S/C20H27F2NO5S/c1-14-5-7-15(8-6-14)29(25,26)27-13-16-19(20(16,21)22)9-11-23(12-10-19)17(24)28-18(2,3)4/h5-8,16H,9-13H2,1-4H3. The zero-order valence-corrected chi connectivity index (χ0v) is 17.9. The number of nitrogens with zero attached hydrogens (tertiary/aromatic N) is 1. The van der Waals surface area contributed by atoms with Gasteiger partial charge in [0.2, 0.25) is 0 Å². The molecule has 0 N–H and O–H groups in total. The van der Waals surface area contributed by atoms with Gasteiger partial charge in [-0.25, -0.2) is 13.6 Å². The van der Waals surface area contributed by atoms with Crippen LogP contribution in [0.15, 0.2) is 29.2 Å². The van der Waals surface area contributed by atoms with Crippen LogP contribution in [0.3, 0.4) is 0 Å².